The lowest BCUT2D eigenvalue weighted by Gasteiger charge is -2.27. The van der Waals surface area contributed by atoms with Gasteiger partial charge in [-0.1, -0.05) is 12.1 Å². The molecular weight excluding hydrogens is 302 g/mol. The quantitative estimate of drug-likeness (QED) is 0.882. The van der Waals surface area contributed by atoms with Crippen molar-refractivity contribution in [2.45, 2.75) is 19.4 Å². The number of para-hydroxylation sites is 1. The van der Waals surface area contributed by atoms with Crippen LogP contribution in [0.4, 0.5) is 0 Å². The summed E-state index contributed by atoms with van der Waals surface area (Å²) < 4.78 is 6.01. The Morgan fingerprint density at radius 2 is 2.04 bits per heavy atom. The van der Waals surface area contributed by atoms with Gasteiger partial charge in [0.2, 0.25) is 5.91 Å². The van der Waals surface area contributed by atoms with E-state index in [-0.39, 0.29) is 11.8 Å². The van der Waals surface area contributed by atoms with Crippen LogP contribution in [0.15, 0.2) is 36.5 Å². The van der Waals surface area contributed by atoms with Gasteiger partial charge in [0.05, 0.1) is 11.1 Å². The fourth-order valence-electron chi connectivity index (χ4n) is 3.71. The van der Waals surface area contributed by atoms with Crippen molar-refractivity contribution in [3.05, 3.63) is 36.5 Å². The molecule has 0 spiro atoms. The highest BCUT2D eigenvalue weighted by molar-refractivity contribution is 5.85. The molecule has 1 aliphatic carbocycles. The largest absolute Gasteiger partial charge is 0.490 e. The van der Waals surface area contributed by atoms with E-state index in [1.165, 1.54) is 0 Å². The number of benzene rings is 1. The SMILES string of the molecule is CC(C)(COc1ccnc2ccccc12)NC(=O)C1[C@H]2CNC[C@@H]12. The first-order valence-electron chi connectivity index (χ1n) is 8.54. The lowest BCUT2D eigenvalue weighted by atomic mass is 10.1. The normalized spacial score (nSPS) is 25.3. The molecule has 1 aromatic carbocycles. The molecule has 2 aliphatic rings. The number of amides is 1. The molecule has 5 heteroatoms. The van der Waals surface area contributed by atoms with Crippen LogP contribution in [0.2, 0.25) is 0 Å². The van der Waals surface area contributed by atoms with Gasteiger partial charge in [0.15, 0.2) is 0 Å². The fourth-order valence-corrected chi connectivity index (χ4v) is 3.71. The van der Waals surface area contributed by atoms with E-state index in [0.717, 1.165) is 29.7 Å². The van der Waals surface area contributed by atoms with Gasteiger partial charge in [-0.25, -0.2) is 0 Å². The molecule has 0 radical (unpaired) electrons. The third-order valence-electron chi connectivity index (χ3n) is 5.05. The molecule has 1 amide bonds. The Balaban J connectivity index is 1.39. The predicted octanol–water partition coefficient (Wildman–Crippen LogP) is 1.97. The number of rotatable bonds is 5. The van der Waals surface area contributed by atoms with Crippen LogP contribution in [0, 0.1) is 17.8 Å². The molecule has 5 nitrogen and oxygen atoms in total. The number of hydrogen-bond donors (Lipinski definition) is 2. The van der Waals surface area contributed by atoms with E-state index in [9.17, 15) is 4.79 Å². The zero-order valence-corrected chi connectivity index (χ0v) is 14.1. The van der Waals surface area contributed by atoms with Gasteiger partial charge in [-0.3, -0.25) is 9.78 Å². The van der Waals surface area contributed by atoms with E-state index in [0.29, 0.717) is 18.4 Å². The minimum absolute atomic E-state index is 0.166. The van der Waals surface area contributed by atoms with E-state index >= 15 is 0 Å². The molecule has 1 saturated heterocycles. The van der Waals surface area contributed by atoms with Crippen LogP contribution < -0.4 is 15.4 Å². The molecule has 126 valence electrons. The van der Waals surface area contributed by atoms with Gasteiger partial charge in [0, 0.05) is 17.5 Å². The number of piperidine rings is 1. The molecular formula is C19H23N3O2. The lowest BCUT2D eigenvalue weighted by molar-refractivity contribution is -0.125. The number of aromatic nitrogens is 1. The monoisotopic (exact) mass is 325 g/mol. The van der Waals surface area contributed by atoms with Crippen LogP contribution >= 0.6 is 0 Å². The summed E-state index contributed by atoms with van der Waals surface area (Å²) in [5.74, 6) is 2.22. The summed E-state index contributed by atoms with van der Waals surface area (Å²) in [5, 5.41) is 7.47. The van der Waals surface area contributed by atoms with Gasteiger partial charge in [0.25, 0.3) is 0 Å². The number of nitrogens with zero attached hydrogens (tertiary/aromatic N) is 1. The van der Waals surface area contributed by atoms with Crippen molar-refractivity contribution in [1.29, 1.82) is 0 Å². The van der Waals surface area contributed by atoms with Crippen molar-refractivity contribution >= 4 is 16.8 Å². The van der Waals surface area contributed by atoms with Gasteiger partial charge in [0.1, 0.15) is 12.4 Å². The molecule has 0 bridgehead atoms. The van der Waals surface area contributed by atoms with Crippen LogP contribution in [0.5, 0.6) is 5.75 Å². The van der Waals surface area contributed by atoms with Crippen LogP contribution in [0.25, 0.3) is 10.9 Å². The molecule has 2 heterocycles. The Kier molecular flexibility index (Phi) is 3.68. The van der Waals surface area contributed by atoms with Gasteiger partial charge in [-0.15, -0.1) is 0 Å². The summed E-state index contributed by atoms with van der Waals surface area (Å²) in [6, 6.07) is 9.78. The topological polar surface area (TPSA) is 63.2 Å². The average Bonchev–Trinajstić information content (AvgIpc) is 3.06. The second-order valence-electron chi connectivity index (χ2n) is 7.50. The lowest BCUT2D eigenvalue weighted by Crippen LogP contribution is -2.49. The number of carbonyl (C=O) groups is 1. The predicted molar refractivity (Wildman–Crippen MR) is 92.8 cm³/mol. The maximum atomic E-state index is 12.5. The Hall–Kier alpha value is -2.14. The zero-order valence-electron chi connectivity index (χ0n) is 14.1. The summed E-state index contributed by atoms with van der Waals surface area (Å²) >= 11 is 0. The van der Waals surface area contributed by atoms with Crippen LogP contribution in [-0.2, 0) is 4.79 Å². The number of carbonyl (C=O) groups excluding carboxylic acids is 1. The molecule has 1 saturated carbocycles. The maximum absolute atomic E-state index is 12.5. The van der Waals surface area contributed by atoms with Crippen molar-refractivity contribution in [1.82, 2.24) is 15.6 Å². The molecule has 24 heavy (non-hydrogen) atoms. The third kappa shape index (κ3) is 2.84. The van der Waals surface area contributed by atoms with Crippen molar-refractivity contribution in [3.63, 3.8) is 0 Å². The Bertz CT molecular complexity index is 759. The summed E-state index contributed by atoms with van der Waals surface area (Å²) in [5.41, 5.74) is 0.501. The highest BCUT2D eigenvalue weighted by atomic mass is 16.5. The van der Waals surface area contributed by atoms with E-state index in [2.05, 4.69) is 15.6 Å². The molecule has 2 fully saturated rings. The van der Waals surface area contributed by atoms with Crippen LogP contribution in [-0.4, -0.2) is 36.1 Å². The first-order valence-corrected chi connectivity index (χ1v) is 8.54. The number of pyridine rings is 1. The first kappa shape index (κ1) is 15.4. The molecule has 2 N–H and O–H groups in total. The minimum atomic E-state index is -0.411. The van der Waals surface area contributed by atoms with Gasteiger partial charge in [-0.05, 0) is 57.0 Å². The second-order valence-corrected chi connectivity index (χ2v) is 7.50. The average molecular weight is 325 g/mol. The maximum Gasteiger partial charge on any atom is 0.224 e. The fraction of sp³-hybridized carbons (Fsp3) is 0.474. The minimum Gasteiger partial charge on any atom is -0.490 e. The Morgan fingerprint density at radius 1 is 1.29 bits per heavy atom. The molecule has 3 atom stereocenters. The molecule has 1 aromatic heterocycles. The van der Waals surface area contributed by atoms with E-state index in [1.807, 2.05) is 44.2 Å². The number of fused-ring (bicyclic) bond motifs is 2. The Morgan fingerprint density at radius 3 is 2.83 bits per heavy atom. The molecule has 1 unspecified atom stereocenters. The number of nitrogens with one attached hydrogen (secondary N) is 2. The van der Waals surface area contributed by atoms with E-state index in [4.69, 9.17) is 4.74 Å². The number of hydrogen-bond acceptors (Lipinski definition) is 4. The Labute approximate surface area is 141 Å². The van der Waals surface area contributed by atoms with Gasteiger partial charge in [-0.2, -0.15) is 0 Å². The van der Waals surface area contributed by atoms with Crippen LogP contribution in [0.3, 0.4) is 0 Å². The summed E-state index contributed by atoms with van der Waals surface area (Å²) in [6.45, 7) is 6.38. The zero-order chi connectivity index (χ0) is 16.7. The highest BCUT2D eigenvalue weighted by Crippen LogP contribution is 2.48. The first-order chi connectivity index (χ1) is 11.6. The second kappa shape index (κ2) is 5.74. The van der Waals surface area contributed by atoms with Crippen molar-refractivity contribution in [3.8, 4) is 5.75 Å². The van der Waals surface area contributed by atoms with E-state index in [1.54, 1.807) is 6.20 Å². The standard InChI is InChI=1S/C19H23N3O2/c1-19(2,22-18(23)17-13-9-20-10-14(13)17)11-24-16-7-8-21-15-6-4-3-5-12(15)16/h3-8,13-14,17,20H,9-11H2,1-2H3,(H,22,23)/t13-,14+,17?. The third-order valence-corrected chi connectivity index (χ3v) is 5.05. The smallest absolute Gasteiger partial charge is 0.224 e. The summed E-state index contributed by atoms with van der Waals surface area (Å²) in [6.07, 6.45) is 1.75. The van der Waals surface area contributed by atoms with Gasteiger partial charge < -0.3 is 15.4 Å². The highest BCUT2D eigenvalue weighted by Gasteiger charge is 2.57. The van der Waals surface area contributed by atoms with Crippen molar-refractivity contribution < 1.29 is 9.53 Å². The van der Waals surface area contributed by atoms with E-state index < -0.39 is 5.54 Å². The van der Waals surface area contributed by atoms with Crippen LogP contribution in [0.1, 0.15) is 13.8 Å². The number of ether oxygens (including phenoxy) is 1. The summed E-state index contributed by atoms with van der Waals surface area (Å²) in [7, 11) is 0. The molecule has 2 aromatic rings. The van der Waals surface area contributed by atoms with Crippen molar-refractivity contribution in [2.75, 3.05) is 19.7 Å². The van der Waals surface area contributed by atoms with Gasteiger partial charge >= 0.3 is 0 Å². The molecule has 4 rings (SSSR count). The molecule has 1 aliphatic heterocycles. The summed E-state index contributed by atoms with van der Waals surface area (Å²) in [4.78, 5) is 16.8. The van der Waals surface area contributed by atoms with Crippen molar-refractivity contribution in [2.24, 2.45) is 17.8 Å².